The lowest BCUT2D eigenvalue weighted by Crippen LogP contribution is -2.41. The van der Waals surface area contributed by atoms with E-state index >= 15 is 0 Å². The number of hydrogen-bond donors (Lipinski definition) is 2. The highest BCUT2D eigenvalue weighted by atomic mass is 16.3. The molecule has 0 radical (unpaired) electrons. The van der Waals surface area contributed by atoms with Gasteiger partial charge in [-0.15, -0.1) is 0 Å². The van der Waals surface area contributed by atoms with Crippen LogP contribution in [0, 0.1) is 0 Å². The van der Waals surface area contributed by atoms with E-state index < -0.39 is 0 Å². The van der Waals surface area contributed by atoms with Crippen LogP contribution in [-0.4, -0.2) is 42.8 Å². The van der Waals surface area contributed by atoms with Crippen LogP contribution >= 0.6 is 0 Å². The summed E-state index contributed by atoms with van der Waals surface area (Å²) in [5.74, 6) is 0. The summed E-state index contributed by atoms with van der Waals surface area (Å²) < 4.78 is 0. The number of nitrogens with two attached hydrogens (primary N) is 1. The van der Waals surface area contributed by atoms with Crippen LogP contribution in [-0.2, 0) is 6.42 Å². The first-order valence-electron chi connectivity index (χ1n) is 5.33. The maximum Gasteiger partial charge on any atom is 0.0599 e. The molecule has 84 valence electrons. The zero-order chi connectivity index (χ0) is 11.1. The van der Waals surface area contributed by atoms with Gasteiger partial charge in [-0.2, -0.15) is 0 Å². The van der Waals surface area contributed by atoms with E-state index in [1.807, 2.05) is 25.2 Å². The third-order valence-electron chi connectivity index (χ3n) is 2.70. The summed E-state index contributed by atoms with van der Waals surface area (Å²) in [5, 5.41) is 9.07. The van der Waals surface area contributed by atoms with Crippen molar-refractivity contribution in [2.24, 2.45) is 5.73 Å². The smallest absolute Gasteiger partial charge is 0.0599 e. The molecule has 3 nitrogen and oxygen atoms in total. The molecule has 0 aromatic heterocycles. The number of benzene rings is 1. The van der Waals surface area contributed by atoms with Gasteiger partial charge in [0.15, 0.2) is 0 Å². The van der Waals surface area contributed by atoms with Gasteiger partial charge in [-0.3, -0.25) is 4.90 Å². The topological polar surface area (TPSA) is 49.5 Å². The minimum absolute atomic E-state index is 0.0775. The Morgan fingerprint density at radius 3 is 2.53 bits per heavy atom. The van der Waals surface area contributed by atoms with E-state index in [2.05, 4.69) is 17.0 Å². The zero-order valence-corrected chi connectivity index (χ0v) is 9.26. The van der Waals surface area contributed by atoms with Crippen molar-refractivity contribution in [1.29, 1.82) is 0 Å². The van der Waals surface area contributed by atoms with E-state index in [1.54, 1.807) is 0 Å². The van der Waals surface area contributed by atoms with Crippen LogP contribution in [0.25, 0.3) is 0 Å². The van der Waals surface area contributed by atoms with Crippen molar-refractivity contribution in [2.75, 3.05) is 26.7 Å². The monoisotopic (exact) mass is 208 g/mol. The molecule has 0 heterocycles. The molecule has 1 aromatic rings. The Balaban J connectivity index is 2.36. The van der Waals surface area contributed by atoms with Gasteiger partial charge < -0.3 is 10.8 Å². The molecule has 0 saturated heterocycles. The predicted octanol–water partition coefficient (Wildman–Crippen LogP) is 0.481. The molecule has 15 heavy (non-hydrogen) atoms. The molecule has 1 aromatic carbocycles. The van der Waals surface area contributed by atoms with Crippen LogP contribution in [0.15, 0.2) is 30.3 Å². The number of aliphatic hydroxyl groups excluding tert-OH is 1. The number of aliphatic hydroxyl groups is 1. The Morgan fingerprint density at radius 1 is 1.33 bits per heavy atom. The number of nitrogens with zero attached hydrogens (tertiary/aromatic N) is 1. The summed E-state index contributed by atoms with van der Waals surface area (Å²) in [7, 11) is 2.00. The molecule has 0 bridgehead atoms. The first-order valence-corrected chi connectivity index (χ1v) is 5.33. The van der Waals surface area contributed by atoms with Gasteiger partial charge in [0, 0.05) is 19.1 Å². The predicted molar refractivity (Wildman–Crippen MR) is 62.7 cm³/mol. The van der Waals surface area contributed by atoms with Gasteiger partial charge in [-0.25, -0.2) is 0 Å². The van der Waals surface area contributed by atoms with Gasteiger partial charge in [-0.05, 0) is 19.0 Å². The third-order valence-corrected chi connectivity index (χ3v) is 2.70. The second kappa shape index (κ2) is 6.56. The fourth-order valence-corrected chi connectivity index (χ4v) is 1.53. The Labute approximate surface area is 91.5 Å². The lowest BCUT2D eigenvalue weighted by atomic mass is 10.1. The van der Waals surface area contributed by atoms with Gasteiger partial charge in [0.05, 0.1) is 6.61 Å². The van der Waals surface area contributed by atoms with Crippen LogP contribution < -0.4 is 5.73 Å². The van der Waals surface area contributed by atoms with Gasteiger partial charge in [0.2, 0.25) is 0 Å². The standard InChI is InChI=1S/C12H20N2O/c1-14(12(9-13)10-15)8-7-11-5-3-2-4-6-11/h2-6,12,15H,7-10,13H2,1H3. The van der Waals surface area contributed by atoms with Gasteiger partial charge >= 0.3 is 0 Å². The Kier molecular flexibility index (Phi) is 5.32. The van der Waals surface area contributed by atoms with Crippen LogP contribution in [0.2, 0.25) is 0 Å². The van der Waals surface area contributed by atoms with Crippen LogP contribution in [0.5, 0.6) is 0 Å². The van der Waals surface area contributed by atoms with Crippen LogP contribution in [0.3, 0.4) is 0 Å². The third kappa shape index (κ3) is 4.00. The lowest BCUT2D eigenvalue weighted by Gasteiger charge is -2.24. The molecule has 1 rings (SSSR count). The molecular formula is C12H20N2O. The van der Waals surface area contributed by atoms with E-state index in [0.717, 1.165) is 13.0 Å². The fraction of sp³-hybridized carbons (Fsp3) is 0.500. The normalized spacial score (nSPS) is 13.1. The average Bonchev–Trinajstić information content (AvgIpc) is 2.29. The van der Waals surface area contributed by atoms with Gasteiger partial charge in [-0.1, -0.05) is 30.3 Å². The summed E-state index contributed by atoms with van der Waals surface area (Å²) in [6.07, 6.45) is 0.994. The number of rotatable bonds is 6. The molecule has 0 saturated carbocycles. The quantitative estimate of drug-likeness (QED) is 0.715. The first-order chi connectivity index (χ1) is 7.27. The zero-order valence-electron chi connectivity index (χ0n) is 9.26. The molecule has 0 aliphatic carbocycles. The minimum atomic E-state index is 0.0775. The van der Waals surface area contributed by atoms with Crippen LogP contribution in [0.1, 0.15) is 5.56 Å². The maximum absolute atomic E-state index is 9.07. The molecular weight excluding hydrogens is 188 g/mol. The average molecular weight is 208 g/mol. The molecule has 3 heteroatoms. The van der Waals surface area contributed by atoms with Gasteiger partial charge in [0.1, 0.15) is 0 Å². The highest BCUT2D eigenvalue weighted by Gasteiger charge is 2.10. The number of likely N-dealkylation sites (N-methyl/N-ethyl adjacent to an activating group) is 1. The van der Waals surface area contributed by atoms with Crippen molar-refractivity contribution in [1.82, 2.24) is 4.90 Å². The van der Waals surface area contributed by atoms with E-state index in [4.69, 9.17) is 10.8 Å². The highest BCUT2D eigenvalue weighted by Crippen LogP contribution is 2.02. The lowest BCUT2D eigenvalue weighted by molar-refractivity contribution is 0.153. The first kappa shape index (κ1) is 12.2. The molecule has 1 atom stereocenters. The van der Waals surface area contributed by atoms with Crippen LogP contribution in [0.4, 0.5) is 0 Å². The summed E-state index contributed by atoms with van der Waals surface area (Å²) >= 11 is 0. The SMILES string of the molecule is CN(CCc1ccccc1)C(CN)CO. The summed E-state index contributed by atoms with van der Waals surface area (Å²) in [6.45, 7) is 1.55. The van der Waals surface area contributed by atoms with E-state index in [1.165, 1.54) is 5.56 Å². The molecule has 0 fully saturated rings. The summed E-state index contributed by atoms with van der Waals surface area (Å²) in [5.41, 5.74) is 6.87. The molecule has 0 aliphatic rings. The molecule has 0 spiro atoms. The van der Waals surface area contributed by atoms with Gasteiger partial charge in [0.25, 0.3) is 0 Å². The van der Waals surface area contributed by atoms with E-state index in [9.17, 15) is 0 Å². The second-order valence-electron chi connectivity index (χ2n) is 3.79. The minimum Gasteiger partial charge on any atom is -0.395 e. The molecule has 0 aliphatic heterocycles. The molecule has 3 N–H and O–H groups in total. The van der Waals surface area contributed by atoms with E-state index in [0.29, 0.717) is 6.54 Å². The Morgan fingerprint density at radius 2 is 2.00 bits per heavy atom. The maximum atomic E-state index is 9.07. The Bertz CT molecular complexity index is 260. The highest BCUT2D eigenvalue weighted by molar-refractivity contribution is 5.14. The van der Waals surface area contributed by atoms with Crippen molar-refractivity contribution in [2.45, 2.75) is 12.5 Å². The molecule has 1 unspecified atom stereocenters. The summed E-state index contributed by atoms with van der Waals surface area (Å²) in [6, 6.07) is 10.4. The molecule has 0 amide bonds. The van der Waals surface area contributed by atoms with Crippen molar-refractivity contribution in [3.05, 3.63) is 35.9 Å². The Hall–Kier alpha value is -0.900. The van der Waals surface area contributed by atoms with Crippen molar-refractivity contribution in [3.8, 4) is 0 Å². The van der Waals surface area contributed by atoms with E-state index in [-0.39, 0.29) is 12.6 Å². The van der Waals surface area contributed by atoms with Crippen molar-refractivity contribution < 1.29 is 5.11 Å². The number of hydrogen-bond acceptors (Lipinski definition) is 3. The van der Waals surface area contributed by atoms with Crippen molar-refractivity contribution >= 4 is 0 Å². The second-order valence-corrected chi connectivity index (χ2v) is 3.79. The fourth-order valence-electron chi connectivity index (χ4n) is 1.53. The van der Waals surface area contributed by atoms with Crippen molar-refractivity contribution in [3.63, 3.8) is 0 Å². The largest absolute Gasteiger partial charge is 0.395 e. The summed E-state index contributed by atoms with van der Waals surface area (Å²) in [4.78, 5) is 2.10.